The molecular formula is C27H32F6N4O7. The summed E-state index contributed by atoms with van der Waals surface area (Å²) in [5.74, 6) is -2.90. The lowest BCUT2D eigenvalue weighted by atomic mass is 9.88. The first-order valence-corrected chi connectivity index (χ1v) is 13.5. The van der Waals surface area contributed by atoms with Crippen LogP contribution in [0.15, 0.2) is 36.7 Å². The molecule has 1 unspecified atom stereocenters. The average molecular weight is 639 g/mol. The van der Waals surface area contributed by atoms with E-state index in [1.54, 1.807) is 7.11 Å². The fraction of sp³-hybridized carbons (Fsp3) is 0.556. The lowest BCUT2D eigenvalue weighted by Gasteiger charge is -2.45. The number of ether oxygens (including phenoxy) is 2. The van der Waals surface area contributed by atoms with Crippen molar-refractivity contribution in [1.82, 2.24) is 19.8 Å². The van der Waals surface area contributed by atoms with E-state index < -0.39 is 36.0 Å². The summed E-state index contributed by atoms with van der Waals surface area (Å²) >= 11 is 0. The number of rotatable bonds is 6. The summed E-state index contributed by atoms with van der Waals surface area (Å²) in [6.45, 7) is 4.20. The fourth-order valence-electron chi connectivity index (χ4n) is 4.68. The number of halogens is 6. The van der Waals surface area contributed by atoms with Gasteiger partial charge >= 0.3 is 24.3 Å². The molecule has 1 amide bonds. The Balaban J connectivity index is 0.000000317. The predicted octanol–water partition coefficient (Wildman–Crippen LogP) is 3.57. The highest BCUT2D eigenvalue weighted by Crippen LogP contribution is 2.41. The molecule has 2 fully saturated rings. The van der Waals surface area contributed by atoms with E-state index in [1.165, 1.54) is 19.4 Å². The van der Waals surface area contributed by atoms with E-state index in [1.807, 2.05) is 36.7 Å². The largest absolute Gasteiger partial charge is 0.497 e. The van der Waals surface area contributed by atoms with Crippen LogP contribution in [0.25, 0.3) is 0 Å². The van der Waals surface area contributed by atoms with Crippen LogP contribution in [0.5, 0.6) is 5.75 Å². The molecule has 3 aliphatic rings. The van der Waals surface area contributed by atoms with E-state index in [4.69, 9.17) is 29.3 Å². The normalized spacial score (nSPS) is 19.4. The number of amides is 1. The van der Waals surface area contributed by atoms with E-state index in [0.717, 1.165) is 49.0 Å². The highest BCUT2D eigenvalue weighted by molar-refractivity contribution is 5.81. The number of piperidine rings is 1. The molecule has 0 radical (unpaired) electrons. The van der Waals surface area contributed by atoms with Gasteiger partial charge in [-0.1, -0.05) is 12.1 Å². The smallest absolute Gasteiger partial charge is 0.490 e. The molecular weight excluding hydrogens is 606 g/mol. The molecule has 1 aliphatic carbocycles. The van der Waals surface area contributed by atoms with Crippen LogP contribution in [0.4, 0.5) is 26.3 Å². The maximum Gasteiger partial charge on any atom is 0.490 e. The van der Waals surface area contributed by atoms with Crippen LogP contribution in [0.3, 0.4) is 0 Å². The third-order valence-electron chi connectivity index (χ3n) is 7.13. The zero-order valence-corrected chi connectivity index (χ0v) is 23.5. The number of aliphatic carboxylic acids is 2. The van der Waals surface area contributed by atoms with Gasteiger partial charge in [0.25, 0.3) is 5.91 Å². The minimum atomic E-state index is -5.08. The molecule has 11 nitrogen and oxygen atoms in total. The minimum Gasteiger partial charge on any atom is -0.497 e. The van der Waals surface area contributed by atoms with Crippen molar-refractivity contribution in [2.24, 2.45) is 5.92 Å². The van der Waals surface area contributed by atoms with Gasteiger partial charge < -0.3 is 34.5 Å². The zero-order chi connectivity index (χ0) is 32.7. The Morgan fingerprint density at radius 1 is 1.02 bits per heavy atom. The highest BCUT2D eigenvalue weighted by atomic mass is 19.4. The average Bonchev–Trinajstić information content (AvgIpc) is 3.64. The van der Waals surface area contributed by atoms with Gasteiger partial charge in [0, 0.05) is 38.6 Å². The van der Waals surface area contributed by atoms with E-state index in [9.17, 15) is 31.1 Å². The number of carboxylic acid groups (broad SMARTS) is 2. The molecule has 1 aromatic carbocycles. The van der Waals surface area contributed by atoms with Crippen molar-refractivity contribution in [3.05, 3.63) is 48.0 Å². The second-order valence-electron chi connectivity index (χ2n) is 10.4. The third kappa shape index (κ3) is 9.83. The molecule has 44 heavy (non-hydrogen) atoms. The Hall–Kier alpha value is -3.86. The van der Waals surface area contributed by atoms with Crippen LogP contribution in [0.1, 0.15) is 37.1 Å². The SMILES string of the molecule is COc1ccc(CNC(=O)C2Cn3ccnc3C3(CCN(CC4CC4)CC3)O2)cc1.O=C(O)C(F)(F)F.O=C(O)C(F)(F)F. The molecule has 3 heterocycles. The highest BCUT2D eigenvalue weighted by Gasteiger charge is 2.47. The number of nitrogens with one attached hydrogen (secondary N) is 1. The van der Waals surface area contributed by atoms with Crippen molar-refractivity contribution < 1.29 is 60.4 Å². The summed E-state index contributed by atoms with van der Waals surface area (Å²) in [5.41, 5.74) is 0.579. The van der Waals surface area contributed by atoms with E-state index >= 15 is 0 Å². The molecule has 0 bridgehead atoms. The number of aromatic nitrogens is 2. The van der Waals surface area contributed by atoms with E-state index in [-0.39, 0.29) is 5.91 Å². The van der Waals surface area contributed by atoms with E-state index in [2.05, 4.69) is 19.8 Å². The summed E-state index contributed by atoms with van der Waals surface area (Å²) < 4.78 is 77.3. The molecule has 1 spiro atoms. The van der Waals surface area contributed by atoms with Crippen molar-refractivity contribution in [3.8, 4) is 5.75 Å². The van der Waals surface area contributed by atoms with Crippen molar-refractivity contribution in [2.45, 2.75) is 62.8 Å². The van der Waals surface area contributed by atoms with Gasteiger partial charge in [-0.05, 0) is 49.3 Å². The number of alkyl halides is 6. The summed E-state index contributed by atoms with van der Waals surface area (Å²) in [5, 5.41) is 17.3. The van der Waals surface area contributed by atoms with Crippen molar-refractivity contribution >= 4 is 17.8 Å². The monoisotopic (exact) mass is 638 g/mol. The number of likely N-dealkylation sites (tertiary alicyclic amines) is 1. The van der Waals surface area contributed by atoms with Crippen LogP contribution >= 0.6 is 0 Å². The molecule has 17 heteroatoms. The van der Waals surface area contributed by atoms with Gasteiger partial charge in [-0.15, -0.1) is 0 Å². The molecule has 2 aliphatic heterocycles. The summed E-state index contributed by atoms with van der Waals surface area (Å²) in [6.07, 6.45) is -2.34. The second-order valence-corrected chi connectivity index (χ2v) is 10.4. The number of carbonyl (C=O) groups is 3. The maximum atomic E-state index is 13.0. The van der Waals surface area contributed by atoms with Crippen LogP contribution < -0.4 is 10.1 Å². The molecule has 5 rings (SSSR count). The lowest BCUT2D eigenvalue weighted by molar-refractivity contribution is -0.193. The molecule has 1 atom stereocenters. The van der Waals surface area contributed by atoms with Crippen molar-refractivity contribution in [3.63, 3.8) is 0 Å². The van der Waals surface area contributed by atoms with Crippen LogP contribution in [0, 0.1) is 5.92 Å². The first-order chi connectivity index (χ1) is 20.5. The lowest BCUT2D eigenvalue weighted by Crippen LogP contribution is -2.54. The minimum absolute atomic E-state index is 0.0649. The molecule has 3 N–H and O–H groups in total. The van der Waals surface area contributed by atoms with Crippen LogP contribution in [-0.4, -0.2) is 87.7 Å². The number of carboxylic acids is 2. The molecule has 1 aromatic heterocycles. The molecule has 2 aromatic rings. The van der Waals surface area contributed by atoms with Crippen molar-refractivity contribution in [1.29, 1.82) is 0 Å². The summed E-state index contributed by atoms with van der Waals surface area (Å²) in [6, 6.07) is 7.74. The first kappa shape index (κ1) is 34.6. The summed E-state index contributed by atoms with van der Waals surface area (Å²) in [7, 11) is 1.65. The molecule has 244 valence electrons. The number of methoxy groups -OCH3 is 1. The Morgan fingerprint density at radius 3 is 2.05 bits per heavy atom. The van der Waals surface area contributed by atoms with Crippen LogP contribution in [-0.2, 0) is 37.8 Å². The number of nitrogens with zero attached hydrogens (tertiary/aromatic N) is 3. The van der Waals surface area contributed by atoms with Gasteiger partial charge in [-0.3, -0.25) is 4.79 Å². The van der Waals surface area contributed by atoms with Gasteiger partial charge in [-0.2, -0.15) is 26.3 Å². The summed E-state index contributed by atoms with van der Waals surface area (Å²) in [4.78, 5) is 37.9. The van der Waals surface area contributed by atoms with Gasteiger partial charge in [0.15, 0.2) is 6.10 Å². The van der Waals surface area contributed by atoms with Gasteiger partial charge in [0.05, 0.1) is 13.7 Å². The Labute approximate surface area is 247 Å². The standard InChI is InChI=1S/C23H30N4O3.2C2HF3O2/c1-29-19-6-4-17(5-7-19)14-25-21(28)20-16-27-13-10-24-22(27)23(30-20)8-11-26(12-9-23)15-18-2-3-18;2*3-2(4,5)1(6)7/h4-7,10,13,18,20H,2-3,8-9,11-12,14-16H2,1H3,(H,25,28);2*(H,6,7). The molecule has 1 saturated heterocycles. The number of imidazole rings is 1. The number of hydrogen-bond acceptors (Lipinski definition) is 7. The third-order valence-corrected chi connectivity index (χ3v) is 7.13. The quantitative estimate of drug-likeness (QED) is 0.405. The van der Waals surface area contributed by atoms with E-state index in [0.29, 0.717) is 13.1 Å². The predicted molar refractivity (Wildman–Crippen MR) is 139 cm³/mol. The molecule has 1 saturated carbocycles. The number of hydrogen-bond donors (Lipinski definition) is 3. The topological polar surface area (TPSA) is 143 Å². The first-order valence-electron chi connectivity index (χ1n) is 13.5. The Morgan fingerprint density at radius 2 is 1.57 bits per heavy atom. The number of carbonyl (C=O) groups excluding carboxylic acids is 1. The van der Waals surface area contributed by atoms with Crippen molar-refractivity contribution in [2.75, 3.05) is 26.7 Å². The number of benzene rings is 1. The number of fused-ring (bicyclic) bond motifs is 2. The Bertz CT molecular complexity index is 1250. The maximum absolute atomic E-state index is 13.0. The van der Waals surface area contributed by atoms with Crippen LogP contribution in [0.2, 0.25) is 0 Å². The van der Waals surface area contributed by atoms with Gasteiger partial charge in [0.2, 0.25) is 0 Å². The zero-order valence-electron chi connectivity index (χ0n) is 23.5. The fourth-order valence-corrected chi connectivity index (χ4v) is 4.68. The van der Waals surface area contributed by atoms with Gasteiger partial charge in [-0.25, -0.2) is 14.6 Å². The second kappa shape index (κ2) is 14.3. The Kier molecular flexibility index (Phi) is 11.2. The van der Waals surface area contributed by atoms with Gasteiger partial charge in [0.1, 0.15) is 17.2 Å².